The van der Waals surface area contributed by atoms with Gasteiger partial charge in [0.1, 0.15) is 6.10 Å². The zero-order valence-corrected chi connectivity index (χ0v) is 17.2. The molecular weight excluding hydrogens is 358 g/mol. The Morgan fingerprint density at radius 2 is 1.35 bits per heavy atom. The number of carbonyl (C=O) groups is 2. The first-order valence-corrected chi connectivity index (χ1v) is 8.18. The number of ketones is 2. The van der Waals surface area contributed by atoms with Gasteiger partial charge < -0.3 is 15.3 Å². The summed E-state index contributed by atoms with van der Waals surface area (Å²) in [6, 6.07) is 3.73. The van der Waals surface area contributed by atoms with Crippen LogP contribution in [0.2, 0.25) is 0 Å². The van der Waals surface area contributed by atoms with Gasteiger partial charge in [0.2, 0.25) is 0 Å². The number of aliphatic hydroxyl groups excluding tert-OH is 1. The van der Waals surface area contributed by atoms with Gasteiger partial charge >= 0.3 is 0 Å². The Morgan fingerprint density at radius 3 is 1.65 bits per heavy atom. The fraction of sp³-hybridized carbons (Fsp3) is 0.579. The maximum Gasteiger partial charge on any atom is 0.168 e. The van der Waals surface area contributed by atoms with E-state index in [2.05, 4.69) is 5.32 Å². The molecule has 0 saturated carbocycles. The second-order valence-electron chi connectivity index (χ2n) is 8.37. The van der Waals surface area contributed by atoms with E-state index < -0.39 is 39.8 Å². The largest absolute Gasteiger partial charge is 0.504 e. The third kappa shape index (κ3) is 4.37. The molecular formula is C19H30ClNO5. The summed E-state index contributed by atoms with van der Waals surface area (Å²) in [5.74, 6) is -1.70. The predicted molar refractivity (Wildman–Crippen MR) is 103 cm³/mol. The Kier molecular flexibility index (Phi) is 7.45. The van der Waals surface area contributed by atoms with Crippen molar-refractivity contribution >= 4 is 24.0 Å². The summed E-state index contributed by atoms with van der Waals surface area (Å²) >= 11 is 0. The summed E-state index contributed by atoms with van der Waals surface area (Å²) in [6.45, 7) is 10.1. The van der Waals surface area contributed by atoms with Gasteiger partial charge in [-0.05, 0) is 24.7 Å². The fourth-order valence-electron chi connectivity index (χ4n) is 2.86. The molecule has 1 atom stereocenters. The zero-order chi connectivity index (χ0) is 19.8. The van der Waals surface area contributed by atoms with Gasteiger partial charge in [0.15, 0.2) is 28.6 Å². The summed E-state index contributed by atoms with van der Waals surface area (Å²) in [5, 5.41) is 33.0. The highest BCUT2D eigenvalue weighted by atomic mass is 35.5. The van der Waals surface area contributed by atoms with E-state index in [4.69, 9.17) is 0 Å². The van der Waals surface area contributed by atoms with Crippen LogP contribution in [0, 0.1) is 10.8 Å². The van der Waals surface area contributed by atoms with Crippen molar-refractivity contribution in [3.8, 4) is 11.5 Å². The van der Waals surface area contributed by atoms with Crippen LogP contribution < -0.4 is 5.32 Å². The standard InChI is InChI=1S/C19H29NO5.ClH/c1-17(2,3)15(24)19(20-7,16(25)18(4,5)6)14(23)11-8-9-12(21)13(22)10-11;/h8-10,14,20-23H,1-7H3;1H. The van der Waals surface area contributed by atoms with Crippen LogP contribution in [0.15, 0.2) is 18.2 Å². The highest BCUT2D eigenvalue weighted by molar-refractivity contribution is 6.15. The van der Waals surface area contributed by atoms with Crippen LogP contribution in [0.5, 0.6) is 11.5 Å². The molecule has 0 aliphatic carbocycles. The Labute approximate surface area is 161 Å². The fourth-order valence-corrected chi connectivity index (χ4v) is 2.86. The maximum absolute atomic E-state index is 13.2. The van der Waals surface area contributed by atoms with Crippen LogP contribution in [0.4, 0.5) is 0 Å². The van der Waals surface area contributed by atoms with Crippen molar-refractivity contribution in [1.29, 1.82) is 0 Å². The van der Waals surface area contributed by atoms with Crippen molar-refractivity contribution in [2.45, 2.75) is 53.2 Å². The topological polar surface area (TPSA) is 107 Å². The minimum Gasteiger partial charge on any atom is -0.504 e. The van der Waals surface area contributed by atoms with Crippen molar-refractivity contribution < 1.29 is 24.9 Å². The highest BCUT2D eigenvalue weighted by Crippen LogP contribution is 2.40. The highest BCUT2D eigenvalue weighted by Gasteiger charge is 2.56. The van der Waals surface area contributed by atoms with Gasteiger partial charge in [0, 0.05) is 10.8 Å². The van der Waals surface area contributed by atoms with Crippen LogP contribution in [0.25, 0.3) is 0 Å². The lowest BCUT2D eigenvalue weighted by Crippen LogP contribution is -2.66. The van der Waals surface area contributed by atoms with Crippen molar-refractivity contribution in [2.75, 3.05) is 7.05 Å². The molecule has 1 aromatic rings. The van der Waals surface area contributed by atoms with Crippen LogP contribution in [-0.2, 0) is 9.59 Å². The van der Waals surface area contributed by atoms with E-state index >= 15 is 0 Å². The van der Waals surface area contributed by atoms with Crippen molar-refractivity contribution in [2.24, 2.45) is 10.8 Å². The summed E-state index contributed by atoms with van der Waals surface area (Å²) in [5.41, 5.74) is -3.53. The molecule has 0 radical (unpaired) electrons. The molecule has 4 N–H and O–H groups in total. The number of nitrogens with one attached hydrogen (secondary N) is 1. The van der Waals surface area contributed by atoms with E-state index in [1.807, 2.05) is 0 Å². The average molecular weight is 388 g/mol. The maximum atomic E-state index is 13.2. The van der Waals surface area contributed by atoms with Gasteiger partial charge in [-0.2, -0.15) is 0 Å². The molecule has 0 saturated heterocycles. The molecule has 0 bridgehead atoms. The first-order valence-electron chi connectivity index (χ1n) is 8.18. The first-order chi connectivity index (χ1) is 11.2. The second kappa shape index (κ2) is 7.94. The van der Waals surface area contributed by atoms with E-state index in [0.717, 1.165) is 6.07 Å². The summed E-state index contributed by atoms with van der Waals surface area (Å²) in [4.78, 5) is 26.4. The predicted octanol–water partition coefficient (Wildman–Crippen LogP) is 2.74. The normalized spacial score (nSPS) is 13.7. The van der Waals surface area contributed by atoms with Gasteiger partial charge in [0.25, 0.3) is 0 Å². The number of aliphatic hydroxyl groups is 1. The van der Waals surface area contributed by atoms with Gasteiger partial charge in [-0.25, -0.2) is 0 Å². The third-order valence-corrected chi connectivity index (χ3v) is 4.20. The summed E-state index contributed by atoms with van der Waals surface area (Å²) < 4.78 is 0. The number of halogens is 1. The lowest BCUT2D eigenvalue weighted by atomic mass is 9.66. The Hall–Kier alpha value is -1.63. The minimum absolute atomic E-state index is 0. The SMILES string of the molecule is CNC(C(=O)C(C)(C)C)(C(=O)C(C)(C)C)C(O)c1ccc(O)c(O)c1.Cl. The molecule has 148 valence electrons. The summed E-state index contributed by atoms with van der Waals surface area (Å²) in [6.07, 6.45) is -1.54. The Bertz CT molecular complexity index is 647. The number of Topliss-reactive ketones (excluding diaryl/α,β-unsaturated/α-hetero) is 2. The van der Waals surface area contributed by atoms with Gasteiger partial charge in [-0.1, -0.05) is 47.6 Å². The van der Waals surface area contributed by atoms with Crippen LogP contribution in [0.1, 0.15) is 53.2 Å². The molecule has 7 heteroatoms. The van der Waals surface area contributed by atoms with E-state index in [0.29, 0.717) is 0 Å². The Morgan fingerprint density at radius 1 is 0.923 bits per heavy atom. The van der Waals surface area contributed by atoms with Gasteiger partial charge in [-0.3, -0.25) is 14.9 Å². The number of phenols is 2. The molecule has 0 aromatic heterocycles. The number of hydrogen-bond donors (Lipinski definition) is 4. The lowest BCUT2D eigenvalue weighted by Gasteiger charge is -2.42. The van der Waals surface area contributed by atoms with Gasteiger partial charge in [-0.15, -0.1) is 12.4 Å². The first kappa shape index (κ1) is 24.4. The van der Waals surface area contributed by atoms with Crippen LogP contribution >= 0.6 is 12.4 Å². The molecule has 1 unspecified atom stereocenters. The number of likely N-dealkylation sites (N-methyl/N-ethyl adjacent to an activating group) is 1. The molecule has 0 heterocycles. The third-order valence-electron chi connectivity index (χ3n) is 4.20. The second-order valence-corrected chi connectivity index (χ2v) is 8.37. The molecule has 0 spiro atoms. The average Bonchev–Trinajstić information content (AvgIpc) is 2.48. The van der Waals surface area contributed by atoms with Crippen LogP contribution in [0.3, 0.4) is 0 Å². The van der Waals surface area contributed by atoms with Crippen molar-refractivity contribution in [1.82, 2.24) is 5.32 Å². The molecule has 0 aliphatic heterocycles. The number of aromatic hydroxyl groups is 2. The number of rotatable bonds is 5. The van der Waals surface area contributed by atoms with Crippen LogP contribution in [-0.4, -0.2) is 39.5 Å². The van der Waals surface area contributed by atoms with Crippen molar-refractivity contribution in [3.05, 3.63) is 23.8 Å². The monoisotopic (exact) mass is 387 g/mol. The van der Waals surface area contributed by atoms with Gasteiger partial charge in [0.05, 0.1) is 0 Å². The van der Waals surface area contributed by atoms with E-state index in [1.54, 1.807) is 41.5 Å². The number of benzene rings is 1. The Balaban J connectivity index is 0.00000625. The van der Waals surface area contributed by atoms with E-state index in [9.17, 15) is 24.9 Å². The zero-order valence-electron chi connectivity index (χ0n) is 16.4. The number of hydrogen-bond acceptors (Lipinski definition) is 6. The number of carbonyl (C=O) groups excluding carboxylic acids is 2. The molecule has 6 nitrogen and oxygen atoms in total. The lowest BCUT2D eigenvalue weighted by molar-refractivity contribution is -0.152. The van der Waals surface area contributed by atoms with Crippen molar-refractivity contribution in [3.63, 3.8) is 0 Å². The molecule has 0 aliphatic rings. The molecule has 26 heavy (non-hydrogen) atoms. The quantitative estimate of drug-likeness (QED) is 0.457. The number of phenolic OH excluding ortho intramolecular Hbond substituents is 2. The molecule has 0 fully saturated rings. The molecule has 1 rings (SSSR count). The molecule has 0 amide bonds. The smallest absolute Gasteiger partial charge is 0.168 e. The minimum atomic E-state index is -1.89. The van der Waals surface area contributed by atoms with E-state index in [1.165, 1.54) is 19.2 Å². The summed E-state index contributed by atoms with van der Waals surface area (Å²) in [7, 11) is 1.46. The molecule has 1 aromatic carbocycles. The van der Waals surface area contributed by atoms with E-state index in [-0.39, 0.29) is 23.7 Å².